The van der Waals surface area contributed by atoms with Crippen molar-refractivity contribution in [2.24, 2.45) is 0 Å². The minimum absolute atomic E-state index is 0.247. The molecule has 0 aromatic heterocycles. The van der Waals surface area contributed by atoms with Gasteiger partial charge in [0.15, 0.2) is 0 Å². The molecule has 0 aromatic carbocycles. The molecule has 0 atom stereocenters. The topological polar surface area (TPSA) is 92.3 Å². The predicted octanol–water partition coefficient (Wildman–Crippen LogP) is -0.907. The molecule has 8 heteroatoms. The fourth-order valence-corrected chi connectivity index (χ4v) is 3.75. The number of hydrogen-bond acceptors (Lipinski definition) is 5. The minimum Gasteiger partial charge on any atom is -0.314 e. The molecule has 0 aromatic rings. The molecule has 0 radical (unpaired) electrons. The van der Waals surface area contributed by atoms with E-state index in [2.05, 4.69) is 10.0 Å². The molecule has 0 unspecified atom stereocenters. The zero-order valence-electron chi connectivity index (χ0n) is 9.98. The SMILES string of the molecule is CS(=O)(=O)NCCCNC1CCS(=O)(=O)CC1. The van der Waals surface area contributed by atoms with Gasteiger partial charge in [0.1, 0.15) is 9.84 Å². The van der Waals surface area contributed by atoms with Crippen molar-refractivity contribution in [3.63, 3.8) is 0 Å². The minimum atomic E-state index is -3.10. The second kappa shape index (κ2) is 6.12. The van der Waals surface area contributed by atoms with Crippen molar-refractivity contribution in [2.45, 2.75) is 25.3 Å². The lowest BCUT2D eigenvalue weighted by atomic mass is 10.1. The molecule has 0 bridgehead atoms. The number of sulfone groups is 1. The van der Waals surface area contributed by atoms with Crippen molar-refractivity contribution in [1.82, 2.24) is 10.0 Å². The van der Waals surface area contributed by atoms with Crippen LogP contribution in [0.2, 0.25) is 0 Å². The Balaban J connectivity index is 2.09. The standard InChI is InChI=1S/C9H20N2O4S2/c1-16(12,13)11-6-2-5-10-9-3-7-17(14,15)8-4-9/h9-11H,2-8H2,1H3. The van der Waals surface area contributed by atoms with Crippen LogP contribution in [0.25, 0.3) is 0 Å². The van der Waals surface area contributed by atoms with Gasteiger partial charge in [-0.1, -0.05) is 0 Å². The first kappa shape index (κ1) is 14.9. The molecule has 17 heavy (non-hydrogen) atoms. The number of rotatable bonds is 6. The molecule has 1 rings (SSSR count). The van der Waals surface area contributed by atoms with Crippen molar-refractivity contribution >= 4 is 19.9 Å². The average molecular weight is 284 g/mol. The van der Waals surface area contributed by atoms with E-state index in [9.17, 15) is 16.8 Å². The molecule has 1 aliphatic heterocycles. The first-order valence-corrected chi connectivity index (χ1v) is 9.38. The highest BCUT2D eigenvalue weighted by molar-refractivity contribution is 7.91. The molecule has 2 N–H and O–H groups in total. The summed E-state index contributed by atoms with van der Waals surface area (Å²) in [7, 11) is -5.90. The molecule has 6 nitrogen and oxygen atoms in total. The van der Waals surface area contributed by atoms with Crippen LogP contribution in [0.3, 0.4) is 0 Å². The maximum atomic E-state index is 11.2. The number of sulfonamides is 1. The summed E-state index contributed by atoms with van der Waals surface area (Å²) in [5, 5.41) is 3.25. The summed E-state index contributed by atoms with van der Waals surface area (Å²) < 4.78 is 46.3. The van der Waals surface area contributed by atoms with Crippen LogP contribution < -0.4 is 10.0 Å². The summed E-state index contributed by atoms with van der Waals surface area (Å²) in [5.41, 5.74) is 0. The van der Waals surface area contributed by atoms with E-state index in [4.69, 9.17) is 0 Å². The monoisotopic (exact) mass is 284 g/mol. The van der Waals surface area contributed by atoms with E-state index >= 15 is 0 Å². The van der Waals surface area contributed by atoms with E-state index in [-0.39, 0.29) is 17.5 Å². The second-order valence-corrected chi connectivity index (χ2v) is 8.54. The lowest BCUT2D eigenvalue weighted by Crippen LogP contribution is -2.38. The molecular weight excluding hydrogens is 264 g/mol. The summed E-state index contributed by atoms with van der Waals surface area (Å²) in [6.45, 7) is 1.12. The van der Waals surface area contributed by atoms with E-state index in [1.54, 1.807) is 0 Å². The van der Waals surface area contributed by atoms with Crippen LogP contribution in [-0.2, 0) is 19.9 Å². The Bertz CT molecular complexity index is 416. The van der Waals surface area contributed by atoms with Gasteiger partial charge in [0.25, 0.3) is 0 Å². The Labute approximate surface area is 103 Å². The van der Waals surface area contributed by atoms with Gasteiger partial charge in [-0.2, -0.15) is 0 Å². The molecular formula is C9H20N2O4S2. The van der Waals surface area contributed by atoms with Crippen molar-refractivity contribution < 1.29 is 16.8 Å². The largest absolute Gasteiger partial charge is 0.314 e. The maximum Gasteiger partial charge on any atom is 0.208 e. The average Bonchev–Trinajstić information content (AvgIpc) is 2.18. The van der Waals surface area contributed by atoms with Gasteiger partial charge in [0.05, 0.1) is 17.8 Å². The second-order valence-electron chi connectivity index (χ2n) is 4.40. The Hall–Kier alpha value is -0.180. The third-order valence-electron chi connectivity index (χ3n) is 2.71. The lowest BCUT2D eigenvalue weighted by molar-refractivity contribution is 0.459. The van der Waals surface area contributed by atoms with Gasteiger partial charge in [0, 0.05) is 12.6 Å². The van der Waals surface area contributed by atoms with E-state index in [1.807, 2.05) is 0 Å². The number of hydrogen-bond donors (Lipinski definition) is 2. The van der Waals surface area contributed by atoms with Crippen molar-refractivity contribution in [3.05, 3.63) is 0 Å². The molecule has 0 aliphatic carbocycles. The zero-order chi connectivity index (χ0) is 12.9. The highest BCUT2D eigenvalue weighted by Crippen LogP contribution is 2.11. The summed E-state index contributed by atoms with van der Waals surface area (Å²) in [6.07, 6.45) is 3.15. The van der Waals surface area contributed by atoms with Crippen molar-refractivity contribution in [2.75, 3.05) is 30.9 Å². The smallest absolute Gasteiger partial charge is 0.208 e. The summed E-state index contributed by atoms with van der Waals surface area (Å²) in [6, 6.07) is 0.247. The number of nitrogens with one attached hydrogen (secondary N) is 2. The van der Waals surface area contributed by atoms with Gasteiger partial charge in [-0.3, -0.25) is 0 Å². The van der Waals surface area contributed by atoms with Crippen LogP contribution in [0.1, 0.15) is 19.3 Å². The van der Waals surface area contributed by atoms with Crippen LogP contribution in [0.4, 0.5) is 0 Å². The summed E-state index contributed by atoms with van der Waals surface area (Å²) in [4.78, 5) is 0. The van der Waals surface area contributed by atoms with E-state index < -0.39 is 19.9 Å². The van der Waals surface area contributed by atoms with Crippen molar-refractivity contribution in [3.8, 4) is 0 Å². The van der Waals surface area contributed by atoms with Gasteiger partial charge in [0.2, 0.25) is 10.0 Å². The molecule has 0 spiro atoms. The predicted molar refractivity (Wildman–Crippen MR) is 67.1 cm³/mol. The van der Waals surface area contributed by atoms with Crippen LogP contribution in [0.5, 0.6) is 0 Å². The molecule has 1 fully saturated rings. The third-order valence-corrected chi connectivity index (χ3v) is 5.15. The van der Waals surface area contributed by atoms with Gasteiger partial charge >= 0.3 is 0 Å². The Morgan fingerprint density at radius 1 is 1.18 bits per heavy atom. The van der Waals surface area contributed by atoms with Crippen LogP contribution in [-0.4, -0.2) is 53.7 Å². The molecule has 0 saturated carbocycles. The van der Waals surface area contributed by atoms with E-state index in [1.165, 1.54) is 0 Å². The Morgan fingerprint density at radius 3 is 2.29 bits per heavy atom. The first-order valence-electron chi connectivity index (χ1n) is 5.67. The van der Waals surface area contributed by atoms with Gasteiger partial charge in [-0.15, -0.1) is 0 Å². The van der Waals surface area contributed by atoms with E-state index in [0.717, 1.165) is 6.26 Å². The first-order chi connectivity index (χ1) is 7.79. The zero-order valence-corrected chi connectivity index (χ0v) is 11.6. The normalized spacial score (nSPS) is 21.5. The summed E-state index contributed by atoms with van der Waals surface area (Å²) in [5.74, 6) is 0.512. The highest BCUT2D eigenvalue weighted by atomic mass is 32.2. The van der Waals surface area contributed by atoms with E-state index in [0.29, 0.717) is 32.4 Å². The third kappa shape index (κ3) is 6.97. The fourth-order valence-electron chi connectivity index (χ4n) is 1.75. The Kier molecular flexibility index (Phi) is 5.36. The molecule has 102 valence electrons. The van der Waals surface area contributed by atoms with Crippen LogP contribution >= 0.6 is 0 Å². The molecule has 0 amide bonds. The maximum absolute atomic E-state index is 11.2. The Morgan fingerprint density at radius 2 is 1.76 bits per heavy atom. The van der Waals surface area contributed by atoms with Gasteiger partial charge < -0.3 is 5.32 Å². The van der Waals surface area contributed by atoms with Gasteiger partial charge in [-0.25, -0.2) is 21.6 Å². The quantitative estimate of drug-likeness (QED) is 0.616. The lowest BCUT2D eigenvalue weighted by Gasteiger charge is -2.23. The summed E-state index contributed by atoms with van der Waals surface area (Å²) >= 11 is 0. The molecule has 1 aliphatic rings. The van der Waals surface area contributed by atoms with Gasteiger partial charge in [-0.05, 0) is 25.8 Å². The van der Waals surface area contributed by atoms with Crippen LogP contribution in [0.15, 0.2) is 0 Å². The molecule has 1 saturated heterocycles. The highest BCUT2D eigenvalue weighted by Gasteiger charge is 2.22. The van der Waals surface area contributed by atoms with Crippen molar-refractivity contribution in [1.29, 1.82) is 0 Å². The van der Waals surface area contributed by atoms with Crippen LogP contribution in [0, 0.1) is 0 Å². The molecule has 1 heterocycles. The fraction of sp³-hybridized carbons (Fsp3) is 1.00.